The van der Waals surface area contributed by atoms with Crippen LogP contribution in [0.2, 0.25) is 0 Å². The first kappa shape index (κ1) is 17.5. The molecule has 2 aromatic rings. The fourth-order valence-electron chi connectivity index (χ4n) is 2.68. The number of hydroxylamine groups is 1. The highest BCUT2D eigenvalue weighted by atomic mass is 16.7. The Morgan fingerprint density at radius 2 is 2.08 bits per heavy atom. The van der Waals surface area contributed by atoms with E-state index in [1.807, 2.05) is 30.3 Å². The monoisotopic (exact) mass is 348 g/mol. The smallest absolute Gasteiger partial charge is 0.351 e. The number of rotatable bonds is 6. The van der Waals surface area contributed by atoms with Crippen LogP contribution in [0.5, 0.6) is 0 Å². The summed E-state index contributed by atoms with van der Waals surface area (Å²) in [6.45, 7) is -0.138. The van der Waals surface area contributed by atoms with Crippen molar-refractivity contribution in [1.29, 1.82) is 0 Å². The molecule has 1 aromatic carbocycles. The van der Waals surface area contributed by atoms with E-state index in [2.05, 4.69) is 10.5 Å². The largest absolute Gasteiger partial charge is 0.394 e. The molecule has 9 heteroatoms. The Labute approximate surface area is 143 Å². The van der Waals surface area contributed by atoms with Gasteiger partial charge in [0.25, 0.3) is 0 Å². The van der Waals surface area contributed by atoms with E-state index < -0.39 is 36.8 Å². The minimum Gasteiger partial charge on any atom is -0.394 e. The third kappa shape index (κ3) is 3.86. The van der Waals surface area contributed by atoms with Gasteiger partial charge < -0.3 is 20.7 Å². The Balaban J connectivity index is 1.74. The summed E-state index contributed by atoms with van der Waals surface area (Å²) in [5.41, 5.74) is 8.54. The van der Waals surface area contributed by atoms with Gasteiger partial charge in [-0.1, -0.05) is 30.3 Å². The number of anilines is 1. The van der Waals surface area contributed by atoms with E-state index in [1.54, 1.807) is 0 Å². The molecule has 1 aliphatic rings. The van der Waals surface area contributed by atoms with Gasteiger partial charge in [0.15, 0.2) is 6.23 Å². The average molecular weight is 348 g/mol. The molecule has 1 aliphatic heterocycles. The van der Waals surface area contributed by atoms with Gasteiger partial charge in [0.05, 0.1) is 13.2 Å². The van der Waals surface area contributed by atoms with Crippen LogP contribution in [-0.4, -0.2) is 44.6 Å². The summed E-state index contributed by atoms with van der Waals surface area (Å²) in [5, 5.41) is 19.7. The molecule has 0 amide bonds. The Kier molecular flexibility index (Phi) is 5.41. The number of nitrogens with two attached hydrogens (primary N) is 1. The summed E-state index contributed by atoms with van der Waals surface area (Å²) in [6, 6.07) is 10.1. The molecule has 4 atom stereocenters. The molecule has 25 heavy (non-hydrogen) atoms. The number of aliphatic hydroxyl groups excluding tert-OH is 2. The number of benzene rings is 1. The zero-order valence-corrected chi connectivity index (χ0v) is 13.4. The predicted molar refractivity (Wildman–Crippen MR) is 88.1 cm³/mol. The van der Waals surface area contributed by atoms with Crippen molar-refractivity contribution < 1.29 is 19.8 Å². The van der Waals surface area contributed by atoms with Gasteiger partial charge in [-0.05, 0) is 11.6 Å². The van der Waals surface area contributed by atoms with E-state index in [4.69, 9.17) is 15.3 Å². The van der Waals surface area contributed by atoms with E-state index in [1.165, 1.54) is 16.8 Å². The van der Waals surface area contributed by atoms with Crippen molar-refractivity contribution in [1.82, 2.24) is 15.0 Å². The first-order valence-corrected chi connectivity index (χ1v) is 7.80. The second kappa shape index (κ2) is 7.72. The Morgan fingerprint density at radius 1 is 1.32 bits per heavy atom. The maximum Gasteiger partial charge on any atom is 0.351 e. The summed E-state index contributed by atoms with van der Waals surface area (Å²) < 4.78 is 6.78. The maximum absolute atomic E-state index is 12.0. The van der Waals surface area contributed by atoms with Crippen LogP contribution in [0.4, 0.5) is 5.82 Å². The Hall–Kier alpha value is -2.30. The highest BCUT2D eigenvalue weighted by Crippen LogP contribution is 2.28. The highest BCUT2D eigenvalue weighted by Gasteiger charge is 2.45. The Bertz CT molecular complexity index is 754. The maximum atomic E-state index is 12.0. The van der Waals surface area contributed by atoms with Gasteiger partial charge in [0.1, 0.15) is 24.1 Å². The van der Waals surface area contributed by atoms with Crippen LogP contribution in [-0.2, 0) is 16.2 Å². The number of nitrogens with zero attached hydrogens (tertiary/aromatic N) is 2. The molecule has 2 heterocycles. The third-order valence-electron chi connectivity index (χ3n) is 3.98. The minimum atomic E-state index is -1.07. The molecular weight excluding hydrogens is 328 g/mol. The number of ether oxygens (including phenoxy) is 1. The fraction of sp³-hybridized carbons (Fsp3) is 0.375. The van der Waals surface area contributed by atoms with Crippen molar-refractivity contribution in [2.45, 2.75) is 31.1 Å². The molecule has 1 saturated heterocycles. The molecule has 0 unspecified atom stereocenters. The first-order chi connectivity index (χ1) is 12.1. The number of nitrogen functional groups attached to an aromatic ring is 1. The molecule has 1 fully saturated rings. The quantitative estimate of drug-likeness (QED) is 0.497. The second-order valence-corrected chi connectivity index (χ2v) is 5.70. The van der Waals surface area contributed by atoms with Crippen LogP contribution in [0.1, 0.15) is 11.8 Å². The molecular formula is C16H20N4O5. The molecule has 1 aromatic heterocycles. The lowest BCUT2D eigenvalue weighted by molar-refractivity contribution is -0.0609. The normalized spacial score (nSPS) is 26.0. The second-order valence-electron chi connectivity index (χ2n) is 5.70. The van der Waals surface area contributed by atoms with Crippen LogP contribution in [0.25, 0.3) is 0 Å². The summed E-state index contributed by atoms with van der Waals surface area (Å²) in [5.74, 6) is 0.0864. The molecule has 9 nitrogen and oxygen atoms in total. The molecule has 0 radical (unpaired) electrons. The van der Waals surface area contributed by atoms with Crippen LogP contribution in [0.15, 0.2) is 47.4 Å². The van der Waals surface area contributed by atoms with Gasteiger partial charge >= 0.3 is 5.69 Å². The summed E-state index contributed by atoms with van der Waals surface area (Å²) in [7, 11) is 0. The van der Waals surface area contributed by atoms with E-state index in [9.17, 15) is 15.0 Å². The van der Waals surface area contributed by atoms with Gasteiger partial charge in [0.2, 0.25) is 0 Å². The van der Waals surface area contributed by atoms with Gasteiger partial charge in [-0.25, -0.2) is 4.79 Å². The minimum absolute atomic E-state index is 0.0864. The predicted octanol–water partition coefficient (Wildman–Crippen LogP) is -0.834. The molecule has 0 saturated carbocycles. The van der Waals surface area contributed by atoms with Gasteiger partial charge in [0, 0.05) is 6.20 Å². The summed E-state index contributed by atoms with van der Waals surface area (Å²) in [6.07, 6.45) is -1.40. The molecule has 134 valence electrons. The van der Waals surface area contributed by atoms with Gasteiger partial charge in [-0.15, -0.1) is 0 Å². The SMILES string of the molecule is Nc1ccn([C@@H]2O[C@H](CO)[C@@H](O)[C@H]2NOCc2ccccc2)c(=O)n1. The van der Waals surface area contributed by atoms with E-state index in [0.29, 0.717) is 0 Å². The van der Waals surface area contributed by atoms with Crippen LogP contribution in [0, 0.1) is 0 Å². The van der Waals surface area contributed by atoms with Crippen molar-refractivity contribution >= 4 is 5.82 Å². The van der Waals surface area contributed by atoms with Crippen molar-refractivity contribution in [3.8, 4) is 0 Å². The van der Waals surface area contributed by atoms with Crippen LogP contribution >= 0.6 is 0 Å². The summed E-state index contributed by atoms with van der Waals surface area (Å²) in [4.78, 5) is 21.1. The zero-order chi connectivity index (χ0) is 17.8. The van der Waals surface area contributed by atoms with E-state index in [-0.39, 0.29) is 12.4 Å². The zero-order valence-electron chi connectivity index (χ0n) is 13.4. The Morgan fingerprint density at radius 3 is 2.76 bits per heavy atom. The van der Waals surface area contributed by atoms with Crippen LogP contribution < -0.4 is 16.9 Å². The third-order valence-corrected chi connectivity index (χ3v) is 3.98. The first-order valence-electron chi connectivity index (χ1n) is 7.80. The number of hydrogen-bond donors (Lipinski definition) is 4. The van der Waals surface area contributed by atoms with Gasteiger partial charge in [-0.2, -0.15) is 10.5 Å². The summed E-state index contributed by atoms with van der Waals surface area (Å²) >= 11 is 0. The van der Waals surface area contributed by atoms with Crippen molar-refractivity contribution in [2.24, 2.45) is 0 Å². The number of aliphatic hydroxyl groups is 2. The van der Waals surface area contributed by atoms with Crippen molar-refractivity contribution in [3.63, 3.8) is 0 Å². The molecule has 0 aliphatic carbocycles. The number of aromatic nitrogens is 2. The molecule has 3 rings (SSSR count). The highest BCUT2D eigenvalue weighted by molar-refractivity contribution is 5.23. The number of nitrogens with one attached hydrogen (secondary N) is 1. The average Bonchev–Trinajstić information content (AvgIpc) is 2.92. The lowest BCUT2D eigenvalue weighted by Gasteiger charge is -2.22. The van der Waals surface area contributed by atoms with Crippen molar-refractivity contribution in [3.05, 3.63) is 58.6 Å². The van der Waals surface area contributed by atoms with Crippen molar-refractivity contribution in [2.75, 3.05) is 12.3 Å². The standard InChI is InChI=1S/C16H20N4O5/c17-12-6-7-20(16(23)18-12)15-13(14(22)11(8-21)25-15)19-24-9-10-4-2-1-3-5-10/h1-7,11,13-15,19,21-22H,8-9H2,(H2,17,18,23)/t11-,13-,14-,15-/m1/s1. The number of hydrogen-bond acceptors (Lipinski definition) is 8. The van der Waals surface area contributed by atoms with E-state index in [0.717, 1.165) is 5.56 Å². The molecule has 0 bridgehead atoms. The molecule has 5 N–H and O–H groups in total. The van der Waals surface area contributed by atoms with E-state index >= 15 is 0 Å². The van der Waals surface area contributed by atoms with Gasteiger partial charge in [-0.3, -0.25) is 9.40 Å². The lowest BCUT2D eigenvalue weighted by Crippen LogP contribution is -2.45. The topological polar surface area (TPSA) is 132 Å². The fourth-order valence-corrected chi connectivity index (χ4v) is 2.68. The van der Waals surface area contributed by atoms with Crippen LogP contribution in [0.3, 0.4) is 0 Å². The molecule has 0 spiro atoms. The lowest BCUT2D eigenvalue weighted by atomic mass is 10.1.